The summed E-state index contributed by atoms with van der Waals surface area (Å²) < 4.78 is 10.6. The van der Waals surface area contributed by atoms with E-state index in [0.717, 1.165) is 0 Å². The number of ether oxygens (including phenoxy) is 2. The molecule has 0 unspecified atom stereocenters. The Morgan fingerprint density at radius 2 is 2.05 bits per heavy atom. The molecule has 0 aromatic heterocycles. The van der Waals surface area contributed by atoms with Crippen LogP contribution in [0.4, 0.5) is 0 Å². The zero-order chi connectivity index (χ0) is 14.3. The van der Waals surface area contributed by atoms with Crippen LogP contribution in [0.15, 0.2) is 0 Å². The number of nitrogens with zero attached hydrogens (tertiary/aromatic N) is 1. The van der Waals surface area contributed by atoms with E-state index in [-0.39, 0.29) is 10.9 Å². The Hall–Kier alpha value is -0.720. The van der Waals surface area contributed by atoms with Crippen LogP contribution in [0.3, 0.4) is 0 Å². The first-order chi connectivity index (χ1) is 9.08. The van der Waals surface area contributed by atoms with E-state index in [0.29, 0.717) is 52.4 Å². The van der Waals surface area contributed by atoms with Gasteiger partial charge in [0.15, 0.2) is 0 Å². The van der Waals surface area contributed by atoms with Crippen molar-refractivity contribution in [1.29, 1.82) is 0 Å². The Morgan fingerprint density at radius 3 is 2.53 bits per heavy atom. The van der Waals surface area contributed by atoms with Crippen LogP contribution >= 0.6 is 12.2 Å². The number of likely N-dealkylation sites (N-methyl/N-ethyl adjacent to an activating group) is 1. The second-order valence-electron chi connectivity index (χ2n) is 4.64. The maximum absolute atomic E-state index is 12.7. The third-order valence-corrected chi connectivity index (χ3v) is 4.00. The number of hydrogen-bond acceptors (Lipinski definition) is 4. The second kappa shape index (κ2) is 7.77. The molecule has 1 amide bonds. The predicted molar refractivity (Wildman–Crippen MR) is 78.0 cm³/mol. The van der Waals surface area contributed by atoms with Crippen molar-refractivity contribution in [3.05, 3.63) is 0 Å². The van der Waals surface area contributed by atoms with E-state index in [4.69, 9.17) is 27.4 Å². The number of nitrogens with two attached hydrogens (primary N) is 1. The molecule has 0 aromatic rings. The summed E-state index contributed by atoms with van der Waals surface area (Å²) in [5, 5.41) is 0. The molecular weight excluding hydrogens is 264 g/mol. The molecule has 6 heteroatoms. The van der Waals surface area contributed by atoms with E-state index < -0.39 is 5.41 Å². The van der Waals surface area contributed by atoms with Crippen molar-refractivity contribution in [2.45, 2.75) is 26.7 Å². The van der Waals surface area contributed by atoms with E-state index in [1.54, 1.807) is 4.90 Å². The van der Waals surface area contributed by atoms with E-state index in [2.05, 4.69) is 0 Å². The lowest BCUT2D eigenvalue weighted by Crippen LogP contribution is -2.53. The highest BCUT2D eigenvalue weighted by Gasteiger charge is 2.44. The van der Waals surface area contributed by atoms with E-state index in [1.165, 1.54) is 0 Å². The van der Waals surface area contributed by atoms with Gasteiger partial charge in [0.25, 0.3) is 0 Å². The summed E-state index contributed by atoms with van der Waals surface area (Å²) in [5.74, 6) is 0.0190. The Morgan fingerprint density at radius 1 is 1.42 bits per heavy atom. The molecular formula is C13H24N2O3S. The van der Waals surface area contributed by atoms with E-state index in [9.17, 15) is 4.79 Å². The molecule has 110 valence electrons. The SMILES string of the molecule is CCOCCN(CC)C(=O)C1(C(N)=S)CCOCC1. The fraction of sp³-hybridized carbons (Fsp3) is 0.846. The lowest BCUT2D eigenvalue weighted by Gasteiger charge is -2.38. The number of carbonyl (C=O) groups is 1. The normalized spacial score (nSPS) is 18.0. The molecule has 0 spiro atoms. The van der Waals surface area contributed by atoms with Gasteiger partial charge in [0, 0.05) is 32.9 Å². The summed E-state index contributed by atoms with van der Waals surface area (Å²) in [5.41, 5.74) is 5.12. The minimum Gasteiger partial charge on any atom is -0.392 e. The monoisotopic (exact) mass is 288 g/mol. The maximum atomic E-state index is 12.7. The molecule has 1 rings (SSSR count). The van der Waals surface area contributed by atoms with E-state index >= 15 is 0 Å². The molecule has 1 fully saturated rings. The van der Waals surface area contributed by atoms with Gasteiger partial charge in [-0.3, -0.25) is 4.79 Å². The standard InChI is InChI=1S/C13H24N2O3S/c1-3-15(7-10-17-4-2)12(16)13(11(14)19)5-8-18-9-6-13/h3-10H2,1-2H3,(H2,14,19). The summed E-state index contributed by atoms with van der Waals surface area (Å²) in [6.07, 6.45) is 1.15. The molecule has 1 aliphatic rings. The van der Waals surface area contributed by atoms with Crippen LogP contribution in [0, 0.1) is 5.41 Å². The van der Waals surface area contributed by atoms with Crippen LogP contribution in [0.5, 0.6) is 0 Å². The summed E-state index contributed by atoms with van der Waals surface area (Å²) >= 11 is 5.15. The van der Waals surface area contributed by atoms with Crippen LogP contribution in [0.1, 0.15) is 26.7 Å². The van der Waals surface area contributed by atoms with Crippen LogP contribution < -0.4 is 5.73 Å². The smallest absolute Gasteiger partial charge is 0.235 e. The minimum atomic E-state index is -0.726. The van der Waals surface area contributed by atoms with Gasteiger partial charge in [-0.15, -0.1) is 0 Å². The van der Waals surface area contributed by atoms with Crippen molar-refractivity contribution in [2.75, 3.05) is 39.5 Å². The highest BCUT2D eigenvalue weighted by Crippen LogP contribution is 2.33. The van der Waals surface area contributed by atoms with Gasteiger partial charge >= 0.3 is 0 Å². The van der Waals surface area contributed by atoms with Crippen molar-refractivity contribution in [3.63, 3.8) is 0 Å². The second-order valence-corrected chi connectivity index (χ2v) is 5.08. The molecule has 5 nitrogen and oxygen atoms in total. The van der Waals surface area contributed by atoms with Crippen molar-refractivity contribution < 1.29 is 14.3 Å². The lowest BCUT2D eigenvalue weighted by atomic mass is 9.78. The Bertz CT molecular complexity index is 317. The minimum absolute atomic E-state index is 0.0190. The third-order valence-electron chi connectivity index (χ3n) is 3.61. The van der Waals surface area contributed by atoms with Gasteiger partial charge in [-0.05, 0) is 26.7 Å². The first kappa shape index (κ1) is 16.3. The molecule has 19 heavy (non-hydrogen) atoms. The Balaban J connectivity index is 2.76. The van der Waals surface area contributed by atoms with Gasteiger partial charge in [-0.25, -0.2) is 0 Å². The summed E-state index contributed by atoms with van der Waals surface area (Å²) in [4.78, 5) is 14.8. The fourth-order valence-electron chi connectivity index (χ4n) is 2.31. The zero-order valence-corrected chi connectivity index (χ0v) is 12.6. The Labute approximate surface area is 120 Å². The molecule has 0 radical (unpaired) electrons. The summed E-state index contributed by atoms with van der Waals surface area (Å²) in [7, 11) is 0. The van der Waals surface area contributed by atoms with Crippen molar-refractivity contribution in [3.8, 4) is 0 Å². The van der Waals surface area contributed by atoms with Gasteiger partial charge in [0.2, 0.25) is 5.91 Å². The summed E-state index contributed by atoms with van der Waals surface area (Å²) in [6.45, 7) is 7.37. The first-order valence-corrected chi connectivity index (χ1v) is 7.24. The predicted octanol–water partition coefficient (Wildman–Crippen LogP) is 0.954. The van der Waals surface area contributed by atoms with Crippen LogP contribution in [0.2, 0.25) is 0 Å². The van der Waals surface area contributed by atoms with Crippen molar-refractivity contribution in [1.82, 2.24) is 4.90 Å². The summed E-state index contributed by atoms with van der Waals surface area (Å²) in [6, 6.07) is 0. The van der Waals surface area contributed by atoms with Gasteiger partial charge in [-0.1, -0.05) is 12.2 Å². The largest absolute Gasteiger partial charge is 0.392 e. The van der Waals surface area contributed by atoms with Gasteiger partial charge in [0.1, 0.15) is 5.41 Å². The molecule has 0 bridgehead atoms. The van der Waals surface area contributed by atoms with Crippen molar-refractivity contribution in [2.24, 2.45) is 11.1 Å². The maximum Gasteiger partial charge on any atom is 0.235 e. The molecule has 1 heterocycles. The first-order valence-electron chi connectivity index (χ1n) is 6.83. The third kappa shape index (κ3) is 3.87. The van der Waals surface area contributed by atoms with Gasteiger partial charge in [0.05, 0.1) is 11.6 Å². The number of carbonyl (C=O) groups excluding carboxylic acids is 1. The number of amides is 1. The van der Waals surface area contributed by atoms with Gasteiger partial charge in [-0.2, -0.15) is 0 Å². The fourth-order valence-corrected chi connectivity index (χ4v) is 2.60. The van der Waals surface area contributed by atoms with Crippen LogP contribution in [-0.4, -0.2) is 55.3 Å². The Kier molecular flexibility index (Phi) is 6.68. The molecule has 1 aliphatic heterocycles. The van der Waals surface area contributed by atoms with Crippen molar-refractivity contribution >= 4 is 23.1 Å². The number of rotatable bonds is 7. The molecule has 1 saturated heterocycles. The number of thiocarbonyl (C=S) groups is 1. The highest BCUT2D eigenvalue weighted by molar-refractivity contribution is 7.80. The van der Waals surface area contributed by atoms with Crippen LogP contribution in [-0.2, 0) is 14.3 Å². The molecule has 2 N–H and O–H groups in total. The van der Waals surface area contributed by atoms with Gasteiger partial charge < -0.3 is 20.1 Å². The van der Waals surface area contributed by atoms with Crippen LogP contribution in [0.25, 0.3) is 0 Å². The zero-order valence-electron chi connectivity index (χ0n) is 11.8. The molecule has 0 atom stereocenters. The molecule has 0 aromatic carbocycles. The quantitative estimate of drug-likeness (QED) is 0.558. The topological polar surface area (TPSA) is 64.8 Å². The molecule has 0 aliphatic carbocycles. The number of hydrogen-bond donors (Lipinski definition) is 1. The highest BCUT2D eigenvalue weighted by atomic mass is 32.1. The molecule has 0 saturated carbocycles. The van der Waals surface area contributed by atoms with E-state index in [1.807, 2.05) is 13.8 Å². The average molecular weight is 288 g/mol. The average Bonchev–Trinajstić information content (AvgIpc) is 2.43. The lowest BCUT2D eigenvalue weighted by molar-refractivity contribution is -0.143.